The van der Waals surface area contributed by atoms with Gasteiger partial charge in [-0.25, -0.2) is 0 Å². The van der Waals surface area contributed by atoms with Gasteiger partial charge in [-0.15, -0.1) is 0 Å². The van der Waals surface area contributed by atoms with Crippen LogP contribution in [-0.2, 0) is 14.4 Å². The molecule has 2 aliphatic rings. The summed E-state index contributed by atoms with van der Waals surface area (Å²) in [7, 11) is 0. The van der Waals surface area contributed by atoms with Crippen molar-refractivity contribution in [3.05, 3.63) is 36.0 Å². The maximum Gasteiger partial charge on any atom is 0.471 e. The fraction of sp³-hybridized carbons (Fsp3) is 0.455. The number of hydrogen-bond acceptors (Lipinski definition) is 6. The first-order chi connectivity index (χ1) is 16.0. The van der Waals surface area contributed by atoms with Crippen LogP contribution in [0.1, 0.15) is 25.5 Å². The van der Waals surface area contributed by atoms with E-state index in [1.54, 1.807) is 29.6 Å². The van der Waals surface area contributed by atoms with Gasteiger partial charge in [-0.3, -0.25) is 14.4 Å². The van der Waals surface area contributed by atoms with E-state index in [4.69, 9.17) is 0 Å². The Balaban J connectivity index is 1.54. The molecule has 2 fully saturated rings. The number of aromatic nitrogens is 2. The highest BCUT2D eigenvalue weighted by Gasteiger charge is 2.69. The Morgan fingerprint density at radius 1 is 1.29 bits per heavy atom. The van der Waals surface area contributed by atoms with E-state index in [-0.39, 0.29) is 23.8 Å². The van der Waals surface area contributed by atoms with E-state index in [2.05, 4.69) is 15.5 Å². The standard InChI is InChI=1S/C22H21F3N6O3/c1-21(2)13-10-31(16(32)9-27-20(34)22(23,24)25)18(17(13)21)19(33)29-15(8-26)11-4-3-5-14-12(11)6-7-28-30-14/h3-7,13,15,17-18H,9-10H2,1-2H3,(H,27,34)(H,29,33)/t13?,15?,17?,18-/m0/s1. The van der Waals surface area contributed by atoms with E-state index in [9.17, 15) is 32.8 Å². The SMILES string of the molecule is CC1(C)C2CN(C(=O)CNC(=O)C(F)(F)F)[C@H](C(=O)NC(C#N)c3cccc4nnccc34)C21. The molecule has 4 atom stereocenters. The maximum absolute atomic E-state index is 13.3. The number of carbonyl (C=O) groups is 3. The van der Waals surface area contributed by atoms with E-state index >= 15 is 0 Å². The third kappa shape index (κ3) is 4.02. The van der Waals surface area contributed by atoms with Crippen LogP contribution in [0.2, 0.25) is 0 Å². The van der Waals surface area contributed by atoms with E-state index < -0.39 is 42.5 Å². The number of fused-ring (bicyclic) bond motifs is 2. The van der Waals surface area contributed by atoms with Gasteiger partial charge in [0, 0.05) is 11.9 Å². The van der Waals surface area contributed by atoms with Crippen molar-refractivity contribution >= 4 is 28.6 Å². The van der Waals surface area contributed by atoms with Gasteiger partial charge in [-0.05, 0) is 34.9 Å². The van der Waals surface area contributed by atoms with E-state index in [1.165, 1.54) is 11.1 Å². The smallest absolute Gasteiger partial charge is 0.339 e. The molecule has 178 valence electrons. The molecule has 34 heavy (non-hydrogen) atoms. The molecule has 2 aromatic rings. The molecular formula is C22H21F3N6O3. The summed E-state index contributed by atoms with van der Waals surface area (Å²) in [6.07, 6.45) is -3.65. The van der Waals surface area contributed by atoms with Gasteiger partial charge >= 0.3 is 12.1 Å². The van der Waals surface area contributed by atoms with Crippen molar-refractivity contribution in [2.75, 3.05) is 13.1 Å². The summed E-state index contributed by atoms with van der Waals surface area (Å²) in [6, 6.07) is 6.76. The van der Waals surface area contributed by atoms with Gasteiger partial charge in [0.2, 0.25) is 11.8 Å². The summed E-state index contributed by atoms with van der Waals surface area (Å²) >= 11 is 0. The normalized spacial score (nSPS) is 23.5. The van der Waals surface area contributed by atoms with Gasteiger partial charge < -0.3 is 15.5 Å². The summed E-state index contributed by atoms with van der Waals surface area (Å²) in [5.41, 5.74) is 0.796. The highest BCUT2D eigenvalue weighted by atomic mass is 19.4. The van der Waals surface area contributed by atoms with Crippen LogP contribution >= 0.6 is 0 Å². The number of amides is 3. The molecule has 9 nitrogen and oxygen atoms in total. The largest absolute Gasteiger partial charge is 0.471 e. The molecule has 3 unspecified atom stereocenters. The number of likely N-dealkylation sites (tertiary alicyclic amines) is 1. The van der Waals surface area contributed by atoms with Gasteiger partial charge in [0.1, 0.15) is 12.1 Å². The van der Waals surface area contributed by atoms with Gasteiger partial charge in [-0.2, -0.15) is 28.6 Å². The quantitative estimate of drug-likeness (QED) is 0.676. The predicted octanol–water partition coefficient (Wildman–Crippen LogP) is 1.47. The lowest BCUT2D eigenvalue weighted by molar-refractivity contribution is -0.174. The molecule has 1 saturated carbocycles. The molecule has 2 N–H and O–H groups in total. The zero-order valence-corrected chi connectivity index (χ0v) is 18.3. The lowest BCUT2D eigenvalue weighted by atomic mass is 9.98. The van der Waals surface area contributed by atoms with Crippen LogP contribution in [-0.4, -0.2) is 58.1 Å². The van der Waals surface area contributed by atoms with Crippen molar-refractivity contribution in [2.24, 2.45) is 17.3 Å². The minimum absolute atomic E-state index is 0.0149. The number of benzene rings is 1. The summed E-state index contributed by atoms with van der Waals surface area (Å²) in [5.74, 6) is -3.84. The molecule has 1 aliphatic carbocycles. The third-order valence-corrected chi connectivity index (χ3v) is 6.77. The maximum atomic E-state index is 13.3. The Hall–Kier alpha value is -3.75. The molecule has 0 radical (unpaired) electrons. The molecular weight excluding hydrogens is 453 g/mol. The van der Waals surface area contributed by atoms with Crippen molar-refractivity contribution in [1.29, 1.82) is 5.26 Å². The number of halogens is 3. The average molecular weight is 474 g/mol. The first-order valence-electron chi connectivity index (χ1n) is 10.5. The van der Waals surface area contributed by atoms with Crippen LogP contribution in [0.4, 0.5) is 13.2 Å². The van der Waals surface area contributed by atoms with Crippen LogP contribution in [0, 0.1) is 28.6 Å². The Kier molecular flexibility index (Phi) is 5.67. The zero-order chi connectivity index (χ0) is 24.8. The van der Waals surface area contributed by atoms with Crippen molar-refractivity contribution in [3.8, 4) is 6.07 Å². The van der Waals surface area contributed by atoms with Crippen molar-refractivity contribution in [3.63, 3.8) is 0 Å². The van der Waals surface area contributed by atoms with Crippen LogP contribution in [0.15, 0.2) is 30.5 Å². The van der Waals surface area contributed by atoms with Crippen LogP contribution in [0.5, 0.6) is 0 Å². The van der Waals surface area contributed by atoms with E-state index in [1.807, 2.05) is 19.9 Å². The van der Waals surface area contributed by atoms with Crippen molar-refractivity contribution < 1.29 is 27.6 Å². The molecule has 3 amide bonds. The third-order valence-electron chi connectivity index (χ3n) is 6.77. The number of carbonyl (C=O) groups excluding carboxylic acids is 3. The first kappa shape index (κ1) is 23.4. The monoisotopic (exact) mass is 474 g/mol. The molecule has 4 rings (SSSR count). The number of nitrogens with one attached hydrogen (secondary N) is 2. The van der Waals surface area contributed by atoms with Gasteiger partial charge in [0.05, 0.1) is 24.3 Å². The Bertz CT molecular complexity index is 1200. The number of piperidine rings is 1. The molecule has 1 saturated heterocycles. The molecule has 1 aromatic heterocycles. The highest BCUT2D eigenvalue weighted by Crippen LogP contribution is 2.64. The average Bonchev–Trinajstić information content (AvgIpc) is 3.12. The highest BCUT2D eigenvalue weighted by molar-refractivity contribution is 5.93. The molecule has 0 spiro atoms. The second-order valence-electron chi connectivity index (χ2n) is 9.01. The second-order valence-corrected chi connectivity index (χ2v) is 9.01. The van der Waals surface area contributed by atoms with Crippen LogP contribution in [0.3, 0.4) is 0 Å². The van der Waals surface area contributed by atoms with E-state index in [0.717, 1.165) is 0 Å². The van der Waals surface area contributed by atoms with Gasteiger partial charge in [-0.1, -0.05) is 26.0 Å². The number of rotatable bonds is 5. The molecule has 0 bridgehead atoms. The zero-order valence-electron chi connectivity index (χ0n) is 18.3. The number of alkyl halides is 3. The van der Waals surface area contributed by atoms with Crippen molar-refractivity contribution in [2.45, 2.75) is 32.1 Å². The number of hydrogen-bond donors (Lipinski definition) is 2. The molecule has 1 aliphatic heterocycles. The van der Waals surface area contributed by atoms with Gasteiger partial charge in [0.25, 0.3) is 0 Å². The second kappa shape index (κ2) is 8.23. The summed E-state index contributed by atoms with van der Waals surface area (Å²) in [6.45, 7) is 3.19. The minimum atomic E-state index is -5.12. The Morgan fingerprint density at radius 2 is 2.03 bits per heavy atom. The summed E-state index contributed by atoms with van der Waals surface area (Å²) in [5, 5.41) is 22.4. The molecule has 1 aromatic carbocycles. The first-order valence-corrected chi connectivity index (χ1v) is 10.5. The predicted molar refractivity (Wildman–Crippen MR) is 111 cm³/mol. The van der Waals surface area contributed by atoms with Crippen molar-refractivity contribution in [1.82, 2.24) is 25.7 Å². The summed E-state index contributed by atoms with van der Waals surface area (Å²) < 4.78 is 37.4. The Morgan fingerprint density at radius 3 is 2.71 bits per heavy atom. The number of nitrogens with zero attached hydrogens (tertiary/aromatic N) is 4. The van der Waals surface area contributed by atoms with Crippen LogP contribution < -0.4 is 10.6 Å². The van der Waals surface area contributed by atoms with Crippen LogP contribution in [0.25, 0.3) is 10.9 Å². The lowest BCUT2D eigenvalue weighted by Gasteiger charge is -2.31. The van der Waals surface area contributed by atoms with Gasteiger partial charge in [0.15, 0.2) is 0 Å². The molecule has 2 heterocycles. The Labute approximate surface area is 192 Å². The molecule has 12 heteroatoms. The summed E-state index contributed by atoms with van der Waals surface area (Å²) in [4.78, 5) is 38.2. The number of nitriles is 1. The fourth-order valence-corrected chi connectivity index (χ4v) is 4.90. The minimum Gasteiger partial charge on any atom is -0.339 e. The van der Waals surface area contributed by atoms with E-state index in [0.29, 0.717) is 16.5 Å². The fourth-order valence-electron chi connectivity index (χ4n) is 4.90. The lowest BCUT2D eigenvalue weighted by Crippen LogP contribution is -2.53. The topological polar surface area (TPSA) is 128 Å².